The first-order valence-corrected chi connectivity index (χ1v) is 13.6. The van der Waals surface area contributed by atoms with E-state index in [4.69, 9.17) is 0 Å². The van der Waals surface area contributed by atoms with Crippen LogP contribution in [-0.2, 0) is 0 Å². The number of thioether (sulfide) groups is 4. The fraction of sp³-hybridized carbons (Fsp3) is 0.714. The Morgan fingerprint density at radius 2 is 1.36 bits per heavy atom. The van der Waals surface area contributed by atoms with Crippen LogP contribution in [0.5, 0.6) is 0 Å². The molecule has 0 saturated heterocycles. The summed E-state index contributed by atoms with van der Waals surface area (Å²) in [5.41, 5.74) is 0. The molecule has 1 aliphatic carbocycles. The van der Waals surface area contributed by atoms with Gasteiger partial charge in [-0.1, -0.05) is 6.08 Å². The molecule has 0 fully saturated rings. The summed E-state index contributed by atoms with van der Waals surface area (Å²) < 4.78 is 0.143. The smallest absolute Gasteiger partial charge is 0.0953 e. The van der Waals surface area contributed by atoms with Crippen molar-refractivity contribution in [1.82, 2.24) is 0 Å². The first-order valence-electron chi connectivity index (χ1n) is 7.11. The second kappa shape index (κ2) is 13.5. The van der Waals surface area contributed by atoms with Gasteiger partial charge in [0.2, 0.25) is 0 Å². The van der Waals surface area contributed by atoms with E-state index in [0.717, 1.165) is 52.4 Å². The van der Waals surface area contributed by atoms with E-state index < -0.39 is 0 Å². The molecule has 0 aromatic rings. The topological polar surface area (TPSA) is 0 Å². The Morgan fingerprint density at radius 3 is 1.91 bits per heavy atom. The minimum atomic E-state index is 0.143. The van der Waals surface area contributed by atoms with Crippen LogP contribution in [0.4, 0.5) is 0 Å². The quantitative estimate of drug-likeness (QED) is 0.229. The maximum absolute atomic E-state index is 4.40. The van der Waals surface area contributed by atoms with Crippen LogP contribution in [0, 0.1) is 0 Å². The zero-order valence-electron chi connectivity index (χ0n) is 12.4. The molecule has 0 aromatic heterocycles. The summed E-state index contributed by atoms with van der Waals surface area (Å²) >= 11 is 25.4. The molecule has 1 rings (SSSR count). The minimum absolute atomic E-state index is 0.143. The highest BCUT2D eigenvalue weighted by Crippen LogP contribution is 2.53. The van der Waals surface area contributed by atoms with E-state index in [-0.39, 0.29) is 4.08 Å². The number of thiol groups is 4. The van der Waals surface area contributed by atoms with Crippen molar-refractivity contribution in [3.8, 4) is 0 Å². The monoisotopic (exact) mass is 448 g/mol. The van der Waals surface area contributed by atoms with Gasteiger partial charge in [-0.3, -0.25) is 0 Å². The predicted octanol–water partition coefficient (Wildman–Crippen LogP) is 5.51. The number of allylic oxidation sites excluding steroid dienone is 2. The molecule has 0 atom stereocenters. The highest BCUT2D eigenvalue weighted by atomic mass is 32.2. The highest BCUT2D eigenvalue weighted by Gasteiger charge is 2.36. The summed E-state index contributed by atoms with van der Waals surface area (Å²) in [5, 5.41) is 0. The normalized spacial score (nSPS) is 17.3. The van der Waals surface area contributed by atoms with Crippen LogP contribution in [0.15, 0.2) is 22.0 Å². The van der Waals surface area contributed by atoms with Gasteiger partial charge in [0, 0.05) is 32.8 Å². The maximum atomic E-state index is 4.40. The Hall–Kier alpha value is 2.28. The van der Waals surface area contributed by atoms with E-state index in [2.05, 4.69) is 62.7 Å². The van der Waals surface area contributed by atoms with E-state index in [1.807, 2.05) is 47.0 Å². The van der Waals surface area contributed by atoms with Gasteiger partial charge in [0.15, 0.2) is 0 Å². The molecule has 0 saturated carbocycles. The summed E-state index contributed by atoms with van der Waals surface area (Å²) in [4.78, 5) is 2.88. The van der Waals surface area contributed by atoms with E-state index in [1.165, 1.54) is 9.81 Å². The zero-order valence-corrected chi connectivity index (χ0v) is 19.3. The second-order valence-corrected chi connectivity index (χ2v) is 11.5. The first kappa shape index (κ1) is 22.3. The molecule has 22 heavy (non-hydrogen) atoms. The van der Waals surface area contributed by atoms with Crippen molar-refractivity contribution in [2.45, 2.75) is 10.5 Å². The van der Waals surface area contributed by atoms with Gasteiger partial charge >= 0.3 is 0 Å². The van der Waals surface area contributed by atoms with Gasteiger partial charge in [-0.2, -0.15) is 50.5 Å². The van der Waals surface area contributed by atoms with Crippen molar-refractivity contribution in [3.05, 3.63) is 22.0 Å². The lowest BCUT2D eigenvalue weighted by Gasteiger charge is -2.36. The van der Waals surface area contributed by atoms with Gasteiger partial charge in [-0.15, -0.1) is 47.0 Å². The van der Waals surface area contributed by atoms with Crippen molar-refractivity contribution < 1.29 is 0 Å². The molecule has 1 aliphatic rings. The summed E-state index contributed by atoms with van der Waals surface area (Å²) in [5.74, 6) is 7.95. The molecule has 0 amide bonds. The van der Waals surface area contributed by atoms with Crippen LogP contribution in [-0.4, -0.2) is 50.1 Å². The third kappa shape index (κ3) is 7.67. The van der Waals surface area contributed by atoms with Crippen molar-refractivity contribution in [2.75, 3.05) is 46.0 Å². The fourth-order valence-corrected chi connectivity index (χ4v) is 7.84. The molecule has 0 bridgehead atoms. The van der Waals surface area contributed by atoms with Crippen LogP contribution in [0.1, 0.15) is 6.42 Å². The summed E-state index contributed by atoms with van der Waals surface area (Å²) in [7, 11) is 0. The predicted molar refractivity (Wildman–Crippen MR) is 129 cm³/mol. The van der Waals surface area contributed by atoms with Crippen LogP contribution in [0.2, 0.25) is 0 Å². The lowest BCUT2D eigenvalue weighted by molar-refractivity contribution is 0.969. The van der Waals surface area contributed by atoms with Crippen LogP contribution in [0.3, 0.4) is 0 Å². The molecule has 0 heterocycles. The molecular weight excluding hydrogens is 425 g/mol. The van der Waals surface area contributed by atoms with E-state index in [9.17, 15) is 0 Å². The number of rotatable bonds is 12. The van der Waals surface area contributed by atoms with Crippen molar-refractivity contribution >= 4 is 97.6 Å². The van der Waals surface area contributed by atoms with Gasteiger partial charge in [-0.25, -0.2) is 0 Å². The first-order chi connectivity index (χ1) is 10.7. The summed E-state index contributed by atoms with van der Waals surface area (Å²) in [6.07, 6.45) is 5.88. The second-order valence-electron chi connectivity index (χ2n) is 4.36. The molecule has 0 aromatic carbocycles. The van der Waals surface area contributed by atoms with Gasteiger partial charge < -0.3 is 0 Å². The maximum Gasteiger partial charge on any atom is 0.0953 e. The number of hydrogen-bond acceptors (Lipinski definition) is 8. The van der Waals surface area contributed by atoms with Gasteiger partial charge in [0.25, 0.3) is 0 Å². The molecule has 0 N–H and O–H groups in total. The Kier molecular flexibility index (Phi) is 13.7. The SMILES string of the molecule is SCCSC1=CCC(SCCS)(SCCS)C(SCCS)=C1. The Morgan fingerprint density at radius 1 is 0.818 bits per heavy atom. The summed E-state index contributed by atoms with van der Waals surface area (Å²) in [6, 6.07) is 0. The third-order valence-electron chi connectivity index (χ3n) is 2.78. The Labute approximate surface area is 174 Å². The lowest BCUT2D eigenvalue weighted by atomic mass is 10.2. The van der Waals surface area contributed by atoms with Crippen molar-refractivity contribution in [3.63, 3.8) is 0 Å². The van der Waals surface area contributed by atoms with Crippen LogP contribution in [0.25, 0.3) is 0 Å². The van der Waals surface area contributed by atoms with E-state index in [1.54, 1.807) is 0 Å². The molecule has 0 nitrogen and oxygen atoms in total. The van der Waals surface area contributed by atoms with Crippen molar-refractivity contribution in [1.29, 1.82) is 0 Å². The van der Waals surface area contributed by atoms with Gasteiger partial charge in [0.1, 0.15) is 0 Å². The number of hydrogen-bond donors (Lipinski definition) is 4. The largest absolute Gasteiger partial charge is 0.179 e. The summed E-state index contributed by atoms with van der Waals surface area (Å²) in [6.45, 7) is 0. The van der Waals surface area contributed by atoms with Gasteiger partial charge in [-0.05, 0) is 35.5 Å². The van der Waals surface area contributed by atoms with Crippen LogP contribution >= 0.6 is 97.6 Å². The standard InChI is InChI=1S/C14H24S8/c15-3-7-19-12-1-2-14(21-9-5-17,22-10-6-18)13(11-12)20-8-4-16/h1,11,15-18H,2-10H2. The molecule has 128 valence electrons. The average Bonchev–Trinajstić information content (AvgIpc) is 2.55. The zero-order chi connectivity index (χ0) is 16.3. The highest BCUT2D eigenvalue weighted by molar-refractivity contribution is 8.20. The Balaban J connectivity index is 2.91. The Bertz CT molecular complexity index is 358. The molecule has 8 heteroatoms. The molecule has 0 unspecified atom stereocenters. The molecular formula is C14H24S8. The van der Waals surface area contributed by atoms with Gasteiger partial charge in [0.05, 0.1) is 4.08 Å². The molecule has 0 spiro atoms. The molecule has 0 aliphatic heterocycles. The third-order valence-corrected chi connectivity index (χ3v) is 10.6. The fourth-order valence-electron chi connectivity index (χ4n) is 1.93. The lowest BCUT2D eigenvalue weighted by Crippen LogP contribution is -2.26. The van der Waals surface area contributed by atoms with E-state index in [0.29, 0.717) is 0 Å². The average molecular weight is 449 g/mol. The van der Waals surface area contributed by atoms with E-state index >= 15 is 0 Å². The van der Waals surface area contributed by atoms with Crippen LogP contribution < -0.4 is 0 Å². The van der Waals surface area contributed by atoms with Crippen molar-refractivity contribution in [2.24, 2.45) is 0 Å². The minimum Gasteiger partial charge on any atom is -0.179 e. The molecule has 0 radical (unpaired) electrons.